The van der Waals surface area contributed by atoms with Gasteiger partial charge in [-0.2, -0.15) is 13.2 Å². The Morgan fingerprint density at radius 1 is 1.11 bits per heavy atom. The number of hydrogen-bond acceptors (Lipinski definition) is 3. The SMILES string of the molecule is CC(Oc1cccc(Br)c1)C(=O)NNC(=O)Cc1cccc(C(F)(F)F)c1. The van der Waals surface area contributed by atoms with Crippen molar-refractivity contribution in [3.05, 3.63) is 64.1 Å². The van der Waals surface area contributed by atoms with Crippen LogP contribution in [0.4, 0.5) is 13.2 Å². The van der Waals surface area contributed by atoms with Gasteiger partial charge >= 0.3 is 6.18 Å². The van der Waals surface area contributed by atoms with Crippen LogP contribution in [-0.4, -0.2) is 17.9 Å². The highest BCUT2D eigenvalue weighted by Gasteiger charge is 2.30. The number of carbonyl (C=O) groups excluding carboxylic acids is 2. The van der Waals surface area contributed by atoms with Crippen LogP contribution < -0.4 is 15.6 Å². The van der Waals surface area contributed by atoms with Gasteiger partial charge in [-0.3, -0.25) is 20.4 Å². The Bertz CT molecular complexity index is 827. The Labute approximate surface area is 162 Å². The molecule has 1 unspecified atom stereocenters. The number of carbonyl (C=O) groups is 2. The highest BCUT2D eigenvalue weighted by molar-refractivity contribution is 9.10. The monoisotopic (exact) mass is 444 g/mol. The maximum atomic E-state index is 12.7. The van der Waals surface area contributed by atoms with Crippen molar-refractivity contribution in [2.24, 2.45) is 0 Å². The Morgan fingerprint density at radius 2 is 1.81 bits per heavy atom. The second-order valence-corrected chi connectivity index (χ2v) is 6.55. The molecule has 0 heterocycles. The topological polar surface area (TPSA) is 67.4 Å². The zero-order chi connectivity index (χ0) is 20.0. The third-order valence-corrected chi connectivity index (χ3v) is 3.92. The van der Waals surface area contributed by atoms with E-state index in [9.17, 15) is 22.8 Å². The lowest BCUT2D eigenvalue weighted by Crippen LogP contribution is -2.47. The maximum Gasteiger partial charge on any atom is 0.416 e. The van der Waals surface area contributed by atoms with Crippen molar-refractivity contribution in [2.45, 2.75) is 25.6 Å². The van der Waals surface area contributed by atoms with Gasteiger partial charge in [0.05, 0.1) is 12.0 Å². The van der Waals surface area contributed by atoms with E-state index in [0.29, 0.717) is 5.75 Å². The third kappa shape index (κ3) is 6.59. The van der Waals surface area contributed by atoms with Crippen molar-refractivity contribution in [3.8, 4) is 5.75 Å². The number of hydrogen-bond donors (Lipinski definition) is 2. The van der Waals surface area contributed by atoms with Crippen LogP contribution in [0, 0.1) is 0 Å². The van der Waals surface area contributed by atoms with Crippen molar-refractivity contribution in [2.75, 3.05) is 0 Å². The highest BCUT2D eigenvalue weighted by Crippen LogP contribution is 2.29. The van der Waals surface area contributed by atoms with Crippen LogP contribution in [0.2, 0.25) is 0 Å². The van der Waals surface area contributed by atoms with Gasteiger partial charge in [-0.05, 0) is 36.8 Å². The molecule has 2 aromatic carbocycles. The summed E-state index contributed by atoms with van der Waals surface area (Å²) in [6, 6.07) is 11.3. The fourth-order valence-electron chi connectivity index (χ4n) is 2.12. The third-order valence-electron chi connectivity index (χ3n) is 3.42. The fraction of sp³-hybridized carbons (Fsp3) is 0.222. The molecule has 0 aliphatic carbocycles. The standard InChI is InChI=1S/C18H16BrF3N2O3/c1-11(27-15-7-3-6-14(19)10-15)17(26)24-23-16(25)9-12-4-2-5-13(8-12)18(20,21)22/h2-8,10-11H,9H2,1H3,(H,23,25)(H,24,26). The zero-order valence-corrected chi connectivity index (χ0v) is 15.7. The fourth-order valence-corrected chi connectivity index (χ4v) is 2.50. The molecule has 27 heavy (non-hydrogen) atoms. The Morgan fingerprint density at radius 3 is 2.48 bits per heavy atom. The van der Waals surface area contributed by atoms with Crippen molar-refractivity contribution < 1.29 is 27.5 Å². The van der Waals surface area contributed by atoms with Crippen LogP contribution in [0.25, 0.3) is 0 Å². The molecule has 0 bridgehead atoms. The first kappa shape index (κ1) is 20.8. The van der Waals surface area contributed by atoms with E-state index in [4.69, 9.17) is 4.74 Å². The van der Waals surface area contributed by atoms with Crippen LogP contribution in [0.5, 0.6) is 5.75 Å². The molecular formula is C18H16BrF3N2O3. The Kier molecular flexibility index (Phi) is 6.84. The molecule has 2 rings (SSSR count). The van der Waals surface area contributed by atoms with Gasteiger partial charge in [-0.1, -0.05) is 40.2 Å². The Hall–Kier alpha value is -2.55. The number of benzene rings is 2. The molecule has 2 amide bonds. The first-order valence-corrected chi connectivity index (χ1v) is 8.61. The minimum atomic E-state index is -4.49. The van der Waals surface area contributed by atoms with E-state index in [1.807, 2.05) is 0 Å². The quantitative estimate of drug-likeness (QED) is 0.692. The summed E-state index contributed by atoms with van der Waals surface area (Å²) in [4.78, 5) is 23.8. The van der Waals surface area contributed by atoms with Gasteiger partial charge in [-0.15, -0.1) is 0 Å². The number of nitrogens with one attached hydrogen (secondary N) is 2. The average molecular weight is 445 g/mol. The maximum absolute atomic E-state index is 12.7. The molecule has 0 fully saturated rings. The van der Waals surface area contributed by atoms with Crippen LogP contribution in [-0.2, 0) is 22.2 Å². The summed E-state index contributed by atoms with van der Waals surface area (Å²) in [5.74, 6) is -0.799. The Balaban J connectivity index is 1.85. The summed E-state index contributed by atoms with van der Waals surface area (Å²) in [6.07, 6.45) is -5.70. The molecule has 2 aromatic rings. The summed E-state index contributed by atoms with van der Waals surface area (Å²) in [5, 5.41) is 0. The predicted octanol–water partition coefficient (Wildman–Crippen LogP) is 3.63. The molecule has 0 spiro atoms. The highest BCUT2D eigenvalue weighted by atomic mass is 79.9. The number of amides is 2. The summed E-state index contributed by atoms with van der Waals surface area (Å²) in [5.41, 5.74) is 3.68. The average Bonchev–Trinajstić information content (AvgIpc) is 2.59. The van der Waals surface area contributed by atoms with Crippen molar-refractivity contribution in [3.63, 3.8) is 0 Å². The lowest BCUT2D eigenvalue weighted by molar-refractivity contribution is -0.137. The summed E-state index contributed by atoms with van der Waals surface area (Å²) < 4.78 is 44.3. The van der Waals surface area contributed by atoms with Gasteiger partial charge < -0.3 is 4.74 Å². The molecule has 0 radical (unpaired) electrons. The van der Waals surface area contributed by atoms with E-state index >= 15 is 0 Å². The number of alkyl halides is 3. The largest absolute Gasteiger partial charge is 0.481 e. The number of hydrazine groups is 1. The minimum Gasteiger partial charge on any atom is -0.481 e. The first-order chi connectivity index (χ1) is 12.6. The van der Waals surface area contributed by atoms with Crippen molar-refractivity contribution >= 4 is 27.7 Å². The summed E-state index contributed by atoms with van der Waals surface area (Å²) >= 11 is 3.28. The second kappa shape index (κ2) is 8.90. The van der Waals surface area contributed by atoms with Gasteiger partial charge in [0.15, 0.2) is 6.10 Å². The molecule has 2 N–H and O–H groups in total. The van der Waals surface area contributed by atoms with E-state index in [-0.39, 0.29) is 12.0 Å². The lowest BCUT2D eigenvalue weighted by Gasteiger charge is -2.15. The zero-order valence-electron chi connectivity index (χ0n) is 14.1. The van der Waals surface area contributed by atoms with Crippen molar-refractivity contribution in [1.82, 2.24) is 10.9 Å². The van der Waals surface area contributed by atoms with Gasteiger partial charge in [0.25, 0.3) is 5.91 Å². The second-order valence-electron chi connectivity index (χ2n) is 5.63. The molecule has 0 aliphatic rings. The smallest absolute Gasteiger partial charge is 0.416 e. The van der Waals surface area contributed by atoms with Crippen LogP contribution >= 0.6 is 15.9 Å². The molecular weight excluding hydrogens is 429 g/mol. The molecule has 0 aromatic heterocycles. The van der Waals surface area contributed by atoms with Crippen LogP contribution in [0.15, 0.2) is 53.0 Å². The first-order valence-electron chi connectivity index (χ1n) is 7.82. The van der Waals surface area contributed by atoms with E-state index in [1.165, 1.54) is 19.1 Å². The van der Waals surface area contributed by atoms with E-state index in [1.54, 1.807) is 24.3 Å². The molecule has 0 saturated carbocycles. The van der Waals surface area contributed by atoms with Crippen molar-refractivity contribution in [1.29, 1.82) is 0 Å². The number of rotatable bonds is 5. The van der Waals surface area contributed by atoms with E-state index < -0.39 is 29.7 Å². The number of ether oxygens (including phenoxy) is 1. The van der Waals surface area contributed by atoms with Crippen LogP contribution in [0.3, 0.4) is 0 Å². The molecule has 5 nitrogen and oxygen atoms in total. The molecule has 1 atom stereocenters. The molecule has 0 saturated heterocycles. The van der Waals surface area contributed by atoms with Gasteiger partial charge in [0.1, 0.15) is 5.75 Å². The van der Waals surface area contributed by atoms with Crippen LogP contribution in [0.1, 0.15) is 18.1 Å². The molecule has 0 aliphatic heterocycles. The van der Waals surface area contributed by atoms with Gasteiger partial charge in [0.2, 0.25) is 5.91 Å². The van der Waals surface area contributed by atoms with E-state index in [0.717, 1.165) is 16.6 Å². The lowest BCUT2D eigenvalue weighted by atomic mass is 10.1. The summed E-state index contributed by atoms with van der Waals surface area (Å²) in [6.45, 7) is 1.50. The minimum absolute atomic E-state index is 0.176. The summed E-state index contributed by atoms with van der Waals surface area (Å²) in [7, 11) is 0. The van der Waals surface area contributed by atoms with Gasteiger partial charge in [-0.25, -0.2) is 0 Å². The molecule has 144 valence electrons. The van der Waals surface area contributed by atoms with E-state index in [2.05, 4.69) is 26.8 Å². The molecule has 9 heteroatoms. The predicted molar refractivity (Wildman–Crippen MR) is 95.7 cm³/mol. The normalized spacial score (nSPS) is 12.2. The van der Waals surface area contributed by atoms with Gasteiger partial charge in [0, 0.05) is 4.47 Å². The number of halogens is 4.